The van der Waals surface area contributed by atoms with Gasteiger partial charge in [0, 0.05) is 22.6 Å². The number of benzene rings is 1. The van der Waals surface area contributed by atoms with Crippen LogP contribution in [0.15, 0.2) is 22.7 Å². The van der Waals surface area contributed by atoms with Crippen LogP contribution in [0.4, 0.5) is 16.2 Å². The fraction of sp³-hybridized carbons (Fsp3) is 0.462. The molecule has 0 saturated heterocycles. The zero-order valence-corrected chi connectivity index (χ0v) is 12.8. The molecule has 21 heavy (non-hydrogen) atoms. The summed E-state index contributed by atoms with van der Waals surface area (Å²) in [5.41, 5.74) is 0.474. The highest BCUT2D eigenvalue weighted by atomic mass is 79.9. The molecule has 3 N–H and O–H groups in total. The third-order valence-corrected chi connectivity index (χ3v) is 4.01. The quantitative estimate of drug-likeness (QED) is 0.566. The molecule has 1 aliphatic rings. The molecule has 0 aromatic heterocycles. The van der Waals surface area contributed by atoms with E-state index in [0.717, 1.165) is 19.3 Å². The molecule has 2 atom stereocenters. The lowest BCUT2D eigenvalue weighted by atomic mass is 9.91. The Hall–Kier alpha value is -1.83. The fourth-order valence-corrected chi connectivity index (χ4v) is 2.97. The first kappa shape index (κ1) is 15.6. The average Bonchev–Trinajstić information content (AvgIpc) is 2.40. The summed E-state index contributed by atoms with van der Waals surface area (Å²) in [6, 6.07) is 4.78. The van der Waals surface area contributed by atoms with Gasteiger partial charge in [0.25, 0.3) is 5.69 Å². The van der Waals surface area contributed by atoms with Crippen molar-refractivity contribution >= 4 is 33.4 Å². The van der Waals surface area contributed by atoms with Gasteiger partial charge in [0.15, 0.2) is 0 Å². The molecule has 114 valence electrons. The van der Waals surface area contributed by atoms with Crippen LogP contribution in [0.25, 0.3) is 0 Å². The summed E-state index contributed by atoms with van der Waals surface area (Å²) in [5, 5.41) is 25.5. The van der Waals surface area contributed by atoms with Crippen molar-refractivity contribution in [3.05, 3.63) is 32.8 Å². The molecule has 8 heteroatoms. The summed E-state index contributed by atoms with van der Waals surface area (Å²) >= 11 is 3.22. The average molecular weight is 358 g/mol. The van der Waals surface area contributed by atoms with Crippen molar-refractivity contribution in [2.45, 2.75) is 37.8 Å². The molecule has 0 heterocycles. The molecule has 0 bridgehead atoms. The van der Waals surface area contributed by atoms with Gasteiger partial charge in [-0.15, -0.1) is 0 Å². The predicted molar refractivity (Wildman–Crippen MR) is 81.6 cm³/mol. The van der Waals surface area contributed by atoms with Gasteiger partial charge in [-0.3, -0.25) is 10.1 Å². The second-order valence-corrected chi connectivity index (χ2v) is 5.99. The standard InChI is InChI=1S/C13H16BrN3O4/c14-8-4-5-11(12(6-8)17(20)21)15-9-2-1-3-10(7-9)16-13(18)19/h4-6,9-10,15-16H,1-3,7H2,(H,18,19)/t9?,10-/m0/s1. The van der Waals surface area contributed by atoms with Gasteiger partial charge in [-0.1, -0.05) is 15.9 Å². The molecule has 1 aliphatic carbocycles. The van der Waals surface area contributed by atoms with E-state index in [9.17, 15) is 14.9 Å². The second kappa shape index (κ2) is 6.75. The lowest BCUT2D eigenvalue weighted by Gasteiger charge is -2.30. The largest absolute Gasteiger partial charge is 0.465 e. The Morgan fingerprint density at radius 1 is 1.38 bits per heavy atom. The Morgan fingerprint density at radius 2 is 2.10 bits per heavy atom. The lowest BCUT2D eigenvalue weighted by Crippen LogP contribution is -2.41. The highest BCUT2D eigenvalue weighted by Gasteiger charge is 2.25. The number of hydrogen-bond donors (Lipinski definition) is 3. The number of nitrogens with zero attached hydrogens (tertiary/aromatic N) is 1. The van der Waals surface area contributed by atoms with E-state index in [1.807, 2.05) is 0 Å². The number of hydrogen-bond acceptors (Lipinski definition) is 4. The molecular formula is C13H16BrN3O4. The number of nitro groups is 1. The molecule has 0 aliphatic heterocycles. The highest BCUT2D eigenvalue weighted by molar-refractivity contribution is 9.10. The molecule has 1 unspecified atom stereocenters. The first-order valence-electron chi connectivity index (χ1n) is 6.65. The molecule has 1 saturated carbocycles. The topological polar surface area (TPSA) is 104 Å². The van der Waals surface area contributed by atoms with Gasteiger partial charge in [-0.25, -0.2) is 4.79 Å². The number of amides is 1. The summed E-state index contributed by atoms with van der Waals surface area (Å²) in [7, 11) is 0. The molecule has 1 fully saturated rings. The normalized spacial score (nSPS) is 21.6. The van der Waals surface area contributed by atoms with Crippen LogP contribution in [0.5, 0.6) is 0 Å². The number of nitro benzene ring substituents is 1. The van der Waals surface area contributed by atoms with E-state index in [0.29, 0.717) is 16.6 Å². The Morgan fingerprint density at radius 3 is 2.76 bits per heavy atom. The SMILES string of the molecule is O=C(O)N[C@H]1CCCC(Nc2ccc(Br)cc2[N+](=O)[O-])C1. The van der Waals surface area contributed by atoms with Crippen molar-refractivity contribution in [2.75, 3.05) is 5.32 Å². The van der Waals surface area contributed by atoms with Crippen molar-refractivity contribution in [3.8, 4) is 0 Å². The maximum Gasteiger partial charge on any atom is 0.404 e. The first-order valence-corrected chi connectivity index (χ1v) is 7.45. The number of nitrogens with one attached hydrogen (secondary N) is 2. The summed E-state index contributed by atoms with van der Waals surface area (Å²) < 4.78 is 0.647. The monoisotopic (exact) mass is 357 g/mol. The van der Waals surface area contributed by atoms with Crippen molar-refractivity contribution in [2.24, 2.45) is 0 Å². The minimum atomic E-state index is -1.03. The summed E-state index contributed by atoms with van der Waals surface area (Å²) in [4.78, 5) is 21.3. The summed E-state index contributed by atoms with van der Waals surface area (Å²) in [6.45, 7) is 0. The minimum Gasteiger partial charge on any atom is -0.465 e. The Kier molecular flexibility index (Phi) is 5.00. The maximum absolute atomic E-state index is 11.1. The van der Waals surface area contributed by atoms with Gasteiger partial charge in [-0.2, -0.15) is 0 Å². The van der Waals surface area contributed by atoms with Crippen LogP contribution in [0.2, 0.25) is 0 Å². The van der Waals surface area contributed by atoms with E-state index in [1.165, 1.54) is 6.07 Å². The van der Waals surface area contributed by atoms with Crippen LogP contribution < -0.4 is 10.6 Å². The van der Waals surface area contributed by atoms with Gasteiger partial charge >= 0.3 is 6.09 Å². The van der Waals surface area contributed by atoms with Gasteiger partial charge < -0.3 is 15.7 Å². The van der Waals surface area contributed by atoms with Gasteiger partial charge in [0.2, 0.25) is 0 Å². The smallest absolute Gasteiger partial charge is 0.404 e. The van der Waals surface area contributed by atoms with Crippen LogP contribution in [0.3, 0.4) is 0 Å². The van der Waals surface area contributed by atoms with Crippen molar-refractivity contribution in [1.29, 1.82) is 0 Å². The van der Waals surface area contributed by atoms with E-state index in [2.05, 4.69) is 26.6 Å². The molecule has 0 spiro atoms. The van der Waals surface area contributed by atoms with Crippen LogP contribution in [0, 0.1) is 10.1 Å². The van der Waals surface area contributed by atoms with Gasteiger partial charge in [0.05, 0.1) is 4.92 Å². The number of rotatable bonds is 4. The van der Waals surface area contributed by atoms with E-state index in [1.54, 1.807) is 12.1 Å². The fourth-order valence-electron chi connectivity index (χ4n) is 2.62. The highest BCUT2D eigenvalue weighted by Crippen LogP contribution is 2.31. The zero-order valence-electron chi connectivity index (χ0n) is 11.2. The van der Waals surface area contributed by atoms with Crippen LogP contribution >= 0.6 is 15.9 Å². The number of carboxylic acid groups (broad SMARTS) is 1. The molecule has 1 aromatic carbocycles. The van der Waals surface area contributed by atoms with E-state index in [4.69, 9.17) is 5.11 Å². The number of anilines is 1. The third-order valence-electron chi connectivity index (χ3n) is 3.52. The van der Waals surface area contributed by atoms with Crippen molar-refractivity contribution in [3.63, 3.8) is 0 Å². The number of carbonyl (C=O) groups is 1. The van der Waals surface area contributed by atoms with E-state index < -0.39 is 11.0 Å². The van der Waals surface area contributed by atoms with Crippen LogP contribution in [0.1, 0.15) is 25.7 Å². The minimum absolute atomic E-state index is 0.0118. The zero-order chi connectivity index (χ0) is 15.4. The van der Waals surface area contributed by atoms with E-state index in [-0.39, 0.29) is 17.8 Å². The lowest BCUT2D eigenvalue weighted by molar-refractivity contribution is -0.384. The molecule has 1 amide bonds. The van der Waals surface area contributed by atoms with Gasteiger partial charge in [-0.05, 0) is 37.8 Å². The molecule has 0 radical (unpaired) electrons. The van der Waals surface area contributed by atoms with Crippen LogP contribution in [-0.4, -0.2) is 28.2 Å². The van der Waals surface area contributed by atoms with Crippen molar-refractivity contribution in [1.82, 2.24) is 5.32 Å². The third kappa shape index (κ3) is 4.32. The molecule has 1 aromatic rings. The first-order chi connectivity index (χ1) is 9.95. The molecular weight excluding hydrogens is 342 g/mol. The molecule has 2 rings (SSSR count). The second-order valence-electron chi connectivity index (χ2n) is 5.07. The summed E-state index contributed by atoms with van der Waals surface area (Å²) in [6.07, 6.45) is 2.14. The van der Waals surface area contributed by atoms with E-state index >= 15 is 0 Å². The Labute approximate surface area is 130 Å². The maximum atomic E-state index is 11.1. The van der Waals surface area contributed by atoms with Crippen LogP contribution in [-0.2, 0) is 0 Å². The Bertz CT molecular complexity index is 552. The van der Waals surface area contributed by atoms with Crippen molar-refractivity contribution < 1.29 is 14.8 Å². The number of halogens is 1. The predicted octanol–water partition coefficient (Wildman–Crippen LogP) is 3.35. The van der Waals surface area contributed by atoms with Gasteiger partial charge in [0.1, 0.15) is 5.69 Å². The Balaban J connectivity index is 2.07. The summed E-state index contributed by atoms with van der Waals surface area (Å²) in [5.74, 6) is 0. The molecule has 7 nitrogen and oxygen atoms in total.